The first-order valence-electron chi connectivity index (χ1n) is 7.75. The second-order valence-electron chi connectivity index (χ2n) is 5.34. The number of ether oxygens (including phenoxy) is 2. The van der Waals surface area contributed by atoms with Gasteiger partial charge in [-0.05, 0) is 42.8 Å². The van der Waals surface area contributed by atoms with Crippen molar-refractivity contribution >= 4 is 5.97 Å². The number of nitrogens with zero attached hydrogens (tertiary/aromatic N) is 2. The number of nitriles is 2. The third-order valence-corrected chi connectivity index (χ3v) is 3.65. The molecule has 2 rings (SSSR count). The van der Waals surface area contributed by atoms with E-state index in [0.29, 0.717) is 5.56 Å². The van der Waals surface area contributed by atoms with Crippen LogP contribution in [0.2, 0.25) is 0 Å². The molecule has 0 saturated heterocycles. The zero-order chi connectivity index (χ0) is 19.2. The molecule has 0 radical (unpaired) electrons. The van der Waals surface area contributed by atoms with Gasteiger partial charge in [-0.1, -0.05) is 19.1 Å². The van der Waals surface area contributed by atoms with E-state index in [1.807, 2.05) is 12.1 Å². The second-order valence-corrected chi connectivity index (χ2v) is 5.34. The highest BCUT2D eigenvalue weighted by molar-refractivity contribution is 5.77. The van der Waals surface area contributed by atoms with Gasteiger partial charge in [-0.3, -0.25) is 0 Å². The number of hydrogen-bond acceptors (Lipinski definition) is 6. The molecule has 0 aliphatic heterocycles. The standard InChI is InChI=1S/C19H16N2O5/c1-2-17(22)19(18(23)24,25-15-9-7-13(11-20)8-10-15)26-16-6-4-3-5-14(16)12-21/h3-10,17,22H,2H2,1H3,(H,23,24). The number of rotatable bonds is 7. The molecule has 0 fully saturated rings. The lowest BCUT2D eigenvalue weighted by atomic mass is 10.1. The summed E-state index contributed by atoms with van der Waals surface area (Å²) in [5.74, 6) is -3.95. The van der Waals surface area contributed by atoms with E-state index < -0.39 is 17.9 Å². The van der Waals surface area contributed by atoms with Crippen molar-refractivity contribution in [1.82, 2.24) is 0 Å². The maximum absolute atomic E-state index is 12.0. The van der Waals surface area contributed by atoms with Gasteiger partial charge in [0, 0.05) is 0 Å². The average Bonchev–Trinajstić information content (AvgIpc) is 2.67. The van der Waals surface area contributed by atoms with E-state index in [0.717, 1.165) is 0 Å². The van der Waals surface area contributed by atoms with Crippen LogP contribution in [0.3, 0.4) is 0 Å². The Bertz CT molecular complexity index is 867. The van der Waals surface area contributed by atoms with Crippen LogP contribution in [-0.2, 0) is 4.79 Å². The van der Waals surface area contributed by atoms with Crippen LogP contribution in [0.1, 0.15) is 24.5 Å². The molecule has 7 nitrogen and oxygen atoms in total. The van der Waals surface area contributed by atoms with Gasteiger partial charge in [0.1, 0.15) is 23.7 Å². The molecule has 7 heteroatoms. The Morgan fingerprint density at radius 3 is 2.31 bits per heavy atom. The maximum atomic E-state index is 12.0. The fraction of sp³-hybridized carbons (Fsp3) is 0.211. The van der Waals surface area contributed by atoms with Crippen molar-refractivity contribution in [3.05, 3.63) is 59.7 Å². The van der Waals surface area contributed by atoms with E-state index in [-0.39, 0.29) is 23.5 Å². The van der Waals surface area contributed by atoms with Crippen molar-refractivity contribution in [3.63, 3.8) is 0 Å². The molecule has 2 atom stereocenters. The summed E-state index contributed by atoms with van der Waals surface area (Å²) in [5, 5.41) is 38.2. The number of carbonyl (C=O) groups is 1. The summed E-state index contributed by atoms with van der Waals surface area (Å²) in [4.78, 5) is 12.0. The quantitative estimate of drug-likeness (QED) is 0.733. The Morgan fingerprint density at radius 2 is 1.77 bits per heavy atom. The number of carboxylic acid groups (broad SMARTS) is 1. The molecule has 2 unspecified atom stereocenters. The molecule has 0 heterocycles. The molecule has 0 spiro atoms. The fourth-order valence-electron chi connectivity index (χ4n) is 2.24. The van der Waals surface area contributed by atoms with E-state index in [2.05, 4.69) is 0 Å². The summed E-state index contributed by atoms with van der Waals surface area (Å²) < 4.78 is 11.1. The van der Waals surface area contributed by atoms with E-state index >= 15 is 0 Å². The van der Waals surface area contributed by atoms with Crippen molar-refractivity contribution in [2.45, 2.75) is 25.2 Å². The molecule has 0 aliphatic carbocycles. The molecule has 0 saturated carbocycles. The van der Waals surface area contributed by atoms with Crippen molar-refractivity contribution in [2.75, 3.05) is 0 Å². The number of carboxylic acids is 1. The van der Waals surface area contributed by atoms with Crippen molar-refractivity contribution in [3.8, 4) is 23.6 Å². The summed E-state index contributed by atoms with van der Waals surface area (Å²) in [6.07, 6.45) is -1.50. The first-order chi connectivity index (χ1) is 12.5. The van der Waals surface area contributed by atoms with E-state index in [4.69, 9.17) is 14.7 Å². The summed E-state index contributed by atoms with van der Waals surface area (Å²) in [7, 11) is 0. The number of benzene rings is 2. The third-order valence-electron chi connectivity index (χ3n) is 3.65. The summed E-state index contributed by atoms with van der Waals surface area (Å²) in [5.41, 5.74) is 0.468. The molecule has 0 amide bonds. The van der Waals surface area contributed by atoms with Gasteiger partial charge in [-0.2, -0.15) is 10.5 Å². The molecule has 2 aromatic carbocycles. The number of hydrogen-bond donors (Lipinski definition) is 2. The third kappa shape index (κ3) is 3.75. The van der Waals surface area contributed by atoms with Crippen molar-refractivity contribution < 1.29 is 24.5 Å². The Labute approximate surface area is 150 Å². The van der Waals surface area contributed by atoms with Crippen molar-refractivity contribution in [1.29, 1.82) is 10.5 Å². The molecule has 0 aromatic heterocycles. The molecule has 0 aliphatic rings. The van der Waals surface area contributed by atoms with Crippen LogP contribution in [0, 0.1) is 22.7 Å². The van der Waals surface area contributed by atoms with Crippen molar-refractivity contribution in [2.24, 2.45) is 0 Å². The van der Waals surface area contributed by atoms with Crippen LogP contribution < -0.4 is 9.47 Å². The van der Waals surface area contributed by atoms with Crippen LogP contribution >= 0.6 is 0 Å². The number of aliphatic hydroxyl groups is 1. The molecule has 2 aromatic rings. The highest BCUT2D eigenvalue weighted by Gasteiger charge is 2.51. The highest BCUT2D eigenvalue weighted by atomic mass is 16.7. The van der Waals surface area contributed by atoms with E-state index in [1.54, 1.807) is 19.1 Å². The summed E-state index contributed by atoms with van der Waals surface area (Å²) in [6.45, 7) is 1.57. The maximum Gasteiger partial charge on any atom is 0.393 e. The first-order valence-corrected chi connectivity index (χ1v) is 7.75. The first kappa shape index (κ1) is 18.8. The minimum Gasteiger partial charge on any atom is -0.475 e. The monoisotopic (exact) mass is 352 g/mol. The Morgan fingerprint density at radius 1 is 1.12 bits per heavy atom. The van der Waals surface area contributed by atoms with Gasteiger partial charge in [-0.25, -0.2) is 4.79 Å². The highest BCUT2D eigenvalue weighted by Crippen LogP contribution is 2.30. The molecule has 132 valence electrons. The normalized spacial score (nSPS) is 13.5. The molecular weight excluding hydrogens is 336 g/mol. The van der Waals surface area contributed by atoms with Gasteiger partial charge in [0.15, 0.2) is 0 Å². The largest absolute Gasteiger partial charge is 0.475 e. The molecule has 26 heavy (non-hydrogen) atoms. The van der Waals surface area contributed by atoms with Gasteiger partial charge in [0.05, 0.1) is 17.2 Å². The summed E-state index contributed by atoms with van der Waals surface area (Å²) in [6, 6.07) is 15.6. The van der Waals surface area contributed by atoms with Crippen LogP contribution in [0.15, 0.2) is 48.5 Å². The minimum absolute atomic E-state index is 0.0251. The zero-order valence-corrected chi connectivity index (χ0v) is 13.9. The number of para-hydroxylation sites is 1. The molecule has 2 N–H and O–H groups in total. The number of aliphatic carboxylic acids is 1. The van der Waals surface area contributed by atoms with Crippen LogP contribution in [0.5, 0.6) is 11.5 Å². The van der Waals surface area contributed by atoms with E-state index in [1.165, 1.54) is 36.4 Å². The second kappa shape index (κ2) is 8.02. The molecule has 0 bridgehead atoms. The lowest BCUT2D eigenvalue weighted by molar-refractivity contribution is -0.213. The van der Waals surface area contributed by atoms with Crippen LogP contribution in [0.25, 0.3) is 0 Å². The van der Waals surface area contributed by atoms with Gasteiger partial charge in [0.25, 0.3) is 0 Å². The van der Waals surface area contributed by atoms with E-state index in [9.17, 15) is 20.3 Å². The lowest BCUT2D eigenvalue weighted by Crippen LogP contribution is -2.59. The van der Waals surface area contributed by atoms with Gasteiger partial charge in [-0.15, -0.1) is 0 Å². The lowest BCUT2D eigenvalue weighted by Gasteiger charge is -2.34. The average molecular weight is 352 g/mol. The SMILES string of the molecule is CCC(O)C(Oc1ccc(C#N)cc1)(Oc1ccccc1C#N)C(=O)O. The minimum atomic E-state index is -2.46. The van der Waals surface area contributed by atoms with Gasteiger partial charge >= 0.3 is 11.8 Å². The molecular formula is C19H16N2O5. The fourth-order valence-corrected chi connectivity index (χ4v) is 2.24. The van der Waals surface area contributed by atoms with Gasteiger partial charge in [0.2, 0.25) is 0 Å². The predicted molar refractivity (Wildman–Crippen MR) is 90.2 cm³/mol. The zero-order valence-electron chi connectivity index (χ0n) is 13.9. The number of aliphatic hydroxyl groups excluding tert-OH is 1. The van der Waals surface area contributed by atoms with Gasteiger partial charge < -0.3 is 19.7 Å². The Balaban J connectivity index is 2.49. The smallest absolute Gasteiger partial charge is 0.393 e. The topological polar surface area (TPSA) is 124 Å². The van der Waals surface area contributed by atoms with Crippen LogP contribution in [-0.4, -0.2) is 28.1 Å². The Hall–Kier alpha value is -3.55. The Kier molecular flexibility index (Phi) is 5.79. The van der Waals surface area contributed by atoms with Crippen LogP contribution in [0.4, 0.5) is 0 Å². The summed E-state index contributed by atoms with van der Waals surface area (Å²) >= 11 is 0. The predicted octanol–water partition coefficient (Wildman–Crippen LogP) is 2.44.